The summed E-state index contributed by atoms with van der Waals surface area (Å²) in [6.07, 6.45) is 7.93. The minimum atomic E-state index is 0.507. The summed E-state index contributed by atoms with van der Waals surface area (Å²) in [5, 5.41) is 4.79. The van der Waals surface area contributed by atoms with Crippen LogP contribution in [0, 0.1) is 5.41 Å². The van der Waals surface area contributed by atoms with Gasteiger partial charge in [0, 0.05) is 18.3 Å². The monoisotopic (exact) mass is 302 g/mol. The molecule has 1 aromatic rings. The average molecular weight is 302 g/mol. The largest absolute Gasteiger partial charge is 0.361 e. The quantitative estimate of drug-likeness (QED) is 0.879. The van der Waals surface area contributed by atoms with Gasteiger partial charge in [0.1, 0.15) is 0 Å². The summed E-state index contributed by atoms with van der Waals surface area (Å²) in [7, 11) is 0. The van der Waals surface area contributed by atoms with Crippen molar-refractivity contribution in [1.82, 2.24) is 5.32 Å². The molecule has 1 N–H and O–H groups in total. The van der Waals surface area contributed by atoms with E-state index in [9.17, 15) is 0 Å². The number of thioether (sulfide) groups is 1. The van der Waals surface area contributed by atoms with E-state index in [0.29, 0.717) is 11.5 Å². The lowest BCUT2D eigenvalue weighted by molar-refractivity contribution is 0.297. The van der Waals surface area contributed by atoms with Gasteiger partial charge in [-0.1, -0.05) is 61.9 Å². The first kappa shape index (κ1) is 15.0. The van der Waals surface area contributed by atoms with Gasteiger partial charge in [-0.3, -0.25) is 4.99 Å². The standard InChI is InChI=1S/C18H26N2S/c1-2-18(10-6-7-11-18)14-19-17-20-16(13-21-17)12-15-8-4-3-5-9-15/h3-5,8-9,16H,2,6-7,10-14H2,1H3,(H,19,20). The van der Waals surface area contributed by atoms with Gasteiger partial charge in [0.2, 0.25) is 0 Å². The van der Waals surface area contributed by atoms with Gasteiger partial charge in [0.15, 0.2) is 5.17 Å². The Labute approximate surface area is 132 Å². The molecule has 114 valence electrons. The van der Waals surface area contributed by atoms with Crippen molar-refractivity contribution in [2.24, 2.45) is 10.4 Å². The molecule has 1 saturated carbocycles. The molecule has 1 atom stereocenters. The second-order valence-electron chi connectivity index (χ2n) is 6.52. The molecule has 0 amide bonds. The van der Waals surface area contributed by atoms with Crippen molar-refractivity contribution in [2.75, 3.05) is 12.3 Å². The van der Waals surface area contributed by atoms with E-state index in [0.717, 1.165) is 18.7 Å². The molecule has 0 radical (unpaired) electrons. The molecule has 1 aliphatic carbocycles. The van der Waals surface area contributed by atoms with Gasteiger partial charge in [-0.15, -0.1) is 0 Å². The summed E-state index contributed by atoms with van der Waals surface area (Å²) >= 11 is 1.90. The van der Waals surface area contributed by atoms with Gasteiger partial charge < -0.3 is 5.32 Å². The van der Waals surface area contributed by atoms with Gasteiger partial charge in [-0.2, -0.15) is 0 Å². The average Bonchev–Trinajstić information content (AvgIpc) is 3.16. The van der Waals surface area contributed by atoms with E-state index in [2.05, 4.69) is 42.6 Å². The van der Waals surface area contributed by atoms with Crippen molar-refractivity contribution >= 4 is 16.9 Å². The van der Waals surface area contributed by atoms with Crippen LogP contribution in [0.1, 0.15) is 44.6 Å². The first-order chi connectivity index (χ1) is 10.3. The van der Waals surface area contributed by atoms with Crippen molar-refractivity contribution in [2.45, 2.75) is 51.5 Å². The molecule has 1 saturated heterocycles. The zero-order valence-corrected chi connectivity index (χ0v) is 13.8. The predicted molar refractivity (Wildman–Crippen MR) is 93.0 cm³/mol. The Kier molecular flexibility index (Phi) is 4.89. The smallest absolute Gasteiger partial charge is 0.156 e. The van der Waals surface area contributed by atoms with E-state index in [4.69, 9.17) is 4.99 Å². The molecule has 0 aromatic heterocycles. The summed E-state index contributed by atoms with van der Waals surface area (Å²) in [4.78, 5) is 4.91. The molecule has 2 fully saturated rings. The van der Waals surface area contributed by atoms with Gasteiger partial charge >= 0.3 is 0 Å². The molecular formula is C18H26N2S. The molecule has 2 nitrogen and oxygen atoms in total. The highest BCUT2D eigenvalue weighted by Gasteiger charge is 2.32. The maximum absolute atomic E-state index is 4.91. The summed E-state index contributed by atoms with van der Waals surface area (Å²) in [5.41, 5.74) is 1.92. The first-order valence-corrected chi connectivity index (χ1v) is 9.26. The fourth-order valence-corrected chi connectivity index (χ4v) is 4.49. The van der Waals surface area contributed by atoms with E-state index in [-0.39, 0.29) is 0 Å². The topological polar surface area (TPSA) is 24.4 Å². The summed E-state index contributed by atoms with van der Waals surface area (Å²) in [6, 6.07) is 11.3. The normalized spacial score (nSPS) is 26.1. The first-order valence-electron chi connectivity index (χ1n) is 8.27. The SMILES string of the molecule is CCC1(CN=C2NC(Cc3ccccc3)CS2)CCCC1. The van der Waals surface area contributed by atoms with Crippen molar-refractivity contribution in [1.29, 1.82) is 0 Å². The molecule has 0 spiro atoms. The minimum Gasteiger partial charge on any atom is -0.361 e. The summed E-state index contributed by atoms with van der Waals surface area (Å²) < 4.78 is 0. The van der Waals surface area contributed by atoms with Crippen LogP contribution in [0.3, 0.4) is 0 Å². The number of hydrogen-bond acceptors (Lipinski definition) is 2. The van der Waals surface area contributed by atoms with Crippen molar-refractivity contribution in [3.63, 3.8) is 0 Å². The van der Waals surface area contributed by atoms with E-state index in [1.54, 1.807) is 0 Å². The van der Waals surface area contributed by atoms with Crippen LogP contribution in [0.4, 0.5) is 0 Å². The van der Waals surface area contributed by atoms with Gasteiger partial charge in [0.25, 0.3) is 0 Å². The van der Waals surface area contributed by atoms with Crippen LogP contribution < -0.4 is 5.32 Å². The van der Waals surface area contributed by atoms with Crippen LogP contribution in [-0.4, -0.2) is 23.5 Å². The Morgan fingerprint density at radius 2 is 2.00 bits per heavy atom. The molecule has 21 heavy (non-hydrogen) atoms. The van der Waals surface area contributed by atoms with Crippen LogP contribution in [0.15, 0.2) is 35.3 Å². The van der Waals surface area contributed by atoms with Gasteiger partial charge in [-0.05, 0) is 36.7 Å². The van der Waals surface area contributed by atoms with Crippen LogP contribution in [0.25, 0.3) is 0 Å². The Morgan fingerprint density at radius 3 is 2.71 bits per heavy atom. The third-order valence-electron chi connectivity index (χ3n) is 5.05. The maximum atomic E-state index is 4.91. The van der Waals surface area contributed by atoms with Gasteiger partial charge in [-0.25, -0.2) is 0 Å². The molecule has 3 rings (SSSR count). The zero-order chi connectivity index (χ0) is 14.5. The number of rotatable bonds is 5. The van der Waals surface area contributed by atoms with Crippen LogP contribution in [-0.2, 0) is 6.42 Å². The lowest BCUT2D eigenvalue weighted by Crippen LogP contribution is -2.30. The fraction of sp³-hybridized carbons (Fsp3) is 0.611. The minimum absolute atomic E-state index is 0.507. The molecular weight excluding hydrogens is 276 g/mol. The van der Waals surface area contributed by atoms with E-state index >= 15 is 0 Å². The predicted octanol–water partition coefficient (Wildman–Crippen LogP) is 4.26. The van der Waals surface area contributed by atoms with Crippen LogP contribution in [0.2, 0.25) is 0 Å². The molecule has 3 heteroatoms. The van der Waals surface area contributed by atoms with E-state index < -0.39 is 0 Å². The highest BCUT2D eigenvalue weighted by molar-refractivity contribution is 8.14. The van der Waals surface area contributed by atoms with Crippen LogP contribution in [0.5, 0.6) is 0 Å². The molecule has 1 aliphatic heterocycles. The van der Waals surface area contributed by atoms with E-state index in [1.165, 1.54) is 42.8 Å². The molecule has 0 bridgehead atoms. The number of nitrogens with one attached hydrogen (secondary N) is 1. The summed E-state index contributed by atoms with van der Waals surface area (Å²) in [6.45, 7) is 3.36. The van der Waals surface area contributed by atoms with Crippen molar-refractivity contribution < 1.29 is 0 Å². The Hall–Kier alpha value is -0.960. The molecule has 1 aromatic carbocycles. The highest BCUT2D eigenvalue weighted by Crippen LogP contribution is 2.41. The Morgan fingerprint density at radius 1 is 1.24 bits per heavy atom. The highest BCUT2D eigenvalue weighted by atomic mass is 32.2. The van der Waals surface area contributed by atoms with Gasteiger partial charge in [0.05, 0.1) is 0 Å². The number of benzene rings is 1. The van der Waals surface area contributed by atoms with Crippen molar-refractivity contribution in [3.8, 4) is 0 Å². The third-order valence-corrected chi connectivity index (χ3v) is 6.14. The number of nitrogens with zero attached hydrogens (tertiary/aromatic N) is 1. The summed E-state index contributed by atoms with van der Waals surface area (Å²) in [5.74, 6) is 1.15. The fourth-order valence-electron chi connectivity index (χ4n) is 3.53. The lowest BCUT2D eigenvalue weighted by atomic mass is 9.84. The number of amidine groups is 1. The molecule has 1 heterocycles. The van der Waals surface area contributed by atoms with Crippen LogP contribution >= 0.6 is 11.8 Å². The Bertz CT molecular complexity index is 477. The maximum Gasteiger partial charge on any atom is 0.156 e. The second-order valence-corrected chi connectivity index (χ2v) is 7.53. The zero-order valence-electron chi connectivity index (χ0n) is 13.0. The molecule has 2 aliphatic rings. The third kappa shape index (κ3) is 3.82. The molecule has 1 unspecified atom stereocenters. The Balaban J connectivity index is 1.53. The lowest BCUT2D eigenvalue weighted by Gasteiger charge is -2.25. The second kappa shape index (κ2) is 6.87. The number of aliphatic imine (C=N–C) groups is 1. The van der Waals surface area contributed by atoms with E-state index in [1.807, 2.05) is 11.8 Å². The van der Waals surface area contributed by atoms with Crippen molar-refractivity contribution in [3.05, 3.63) is 35.9 Å². The number of hydrogen-bond donors (Lipinski definition) is 1.